The van der Waals surface area contributed by atoms with Crippen LogP contribution in [0, 0.1) is 11.8 Å². The second-order valence-corrected chi connectivity index (χ2v) is 12.8. The molecule has 0 saturated heterocycles. The van der Waals surface area contributed by atoms with Crippen molar-refractivity contribution in [3.8, 4) is 0 Å². The molecule has 3 aromatic rings. The fraction of sp³-hybridized carbons (Fsp3) is 0.400. The van der Waals surface area contributed by atoms with E-state index in [0.717, 1.165) is 59.4 Å². The van der Waals surface area contributed by atoms with Crippen molar-refractivity contribution >= 4 is 56.4 Å². The molecule has 5 rings (SSSR count). The smallest absolute Gasteiger partial charge is 0.341 e. The number of carbonyl (C=O) groups excluding carboxylic acids is 4. The predicted molar refractivity (Wildman–Crippen MR) is 156 cm³/mol. The molecule has 2 aromatic heterocycles. The van der Waals surface area contributed by atoms with Crippen LogP contribution in [-0.4, -0.2) is 38.0 Å². The number of hydrogen-bond acceptors (Lipinski definition) is 8. The lowest BCUT2D eigenvalue weighted by molar-refractivity contribution is 0.0591. The Morgan fingerprint density at radius 2 is 1.12 bits per heavy atom. The van der Waals surface area contributed by atoms with Gasteiger partial charge in [0.15, 0.2) is 0 Å². The number of nitrogens with one attached hydrogen (secondary N) is 2. The summed E-state index contributed by atoms with van der Waals surface area (Å²) in [5.41, 5.74) is 2.97. The SMILES string of the molecule is COC(=O)c1c(NC(=O)c2ccccc2C(=O)Nc2sc3c(c2C(=O)OC)CC[C@H](C)C3)sc2c1CC[C@H](C)C2. The summed E-state index contributed by atoms with van der Waals surface area (Å²) in [5, 5.41) is 6.63. The molecule has 0 fully saturated rings. The first-order valence-corrected chi connectivity index (χ1v) is 15.0. The van der Waals surface area contributed by atoms with Crippen molar-refractivity contribution in [2.24, 2.45) is 11.8 Å². The molecule has 8 nitrogen and oxygen atoms in total. The number of ether oxygens (including phenoxy) is 2. The van der Waals surface area contributed by atoms with E-state index in [1.165, 1.54) is 36.9 Å². The highest BCUT2D eigenvalue weighted by Crippen LogP contribution is 2.41. The zero-order valence-electron chi connectivity index (χ0n) is 23.0. The average Bonchev–Trinajstić information content (AvgIpc) is 3.48. The second-order valence-electron chi connectivity index (χ2n) is 10.5. The molecule has 2 aliphatic carbocycles. The molecule has 0 aliphatic heterocycles. The summed E-state index contributed by atoms with van der Waals surface area (Å²) in [7, 11) is 2.66. The van der Waals surface area contributed by atoms with Crippen LogP contribution < -0.4 is 10.6 Å². The molecule has 2 aliphatic rings. The Hall–Kier alpha value is -3.50. The monoisotopic (exact) mass is 580 g/mol. The number of methoxy groups -OCH3 is 2. The fourth-order valence-electron chi connectivity index (χ4n) is 5.53. The van der Waals surface area contributed by atoms with Gasteiger partial charge in [-0.05, 0) is 73.6 Å². The van der Waals surface area contributed by atoms with E-state index in [9.17, 15) is 19.2 Å². The van der Waals surface area contributed by atoms with Crippen LogP contribution in [-0.2, 0) is 35.2 Å². The van der Waals surface area contributed by atoms with Crippen LogP contribution in [0.4, 0.5) is 10.0 Å². The maximum atomic E-state index is 13.5. The van der Waals surface area contributed by atoms with Crippen LogP contribution in [0.5, 0.6) is 0 Å². The largest absolute Gasteiger partial charge is 0.465 e. The van der Waals surface area contributed by atoms with Crippen LogP contribution in [0.3, 0.4) is 0 Å². The molecule has 0 saturated carbocycles. The summed E-state index contributed by atoms with van der Waals surface area (Å²) in [5.74, 6) is -0.999. The lowest BCUT2D eigenvalue weighted by Gasteiger charge is -2.18. The summed E-state index contributed by atoms with van der Waals surface area (Å²) >= 11 is 2.78. The van der Waals surface area contributed by atoms with E-state index < -0.39 is 23.8 Å². The summed E-state index contributed by atoms with van der Waals surface area (Å²) in [6.45, 7) is 4.34. The van der Waals surface area contributed by atoms with Gasteiger partial charge >= 0.3 is 11.9 Å². The first kappa shape index (κ1) is 28.0. The Balaban J connectivity index is 1.44. The molecule has 2 amide bonds. The van der Waals surface area contributed by atoms with E-state index in [2.05, 4.69) is 24.5 Å². The molecule has 2 atom stereocenters. The second kappa shape index (κ2) is 11.5. The van der Waals surface area contributed by atoms with Crippen molar-refractivity contribution < 1.29 is 28.7 Å². The highest BCUT2D eigenvalue weighted by molar-refractivity contribution is 7.17. The number of anilines is 2. The number of benzene rings is 1. The van der Waals surface area contributed by atoms with Crippen molar-refractivity contribution in [2.45, 2.75) is 52.4 Å². The summed E-state index contributed by atoms with van der Waals surface area (Å²) < 4.78 is 10.1. The van der Waals surface area contributed by atoms with Gasteiger partial charge in [0.05, 0.1) is 36.5 Å². The van der Waals surface area contributed by atoms with Crippen LogP contribution in [0.15, 0.2) is 24.3 Å². The molecule has 0 radical (unpaired) electrons. The predicted octanol–water partition coefficient (Wildman–Crippen LogP) is 6.14. The van der Waals surface area contributed by atoms with Gasteiger partial charge in [-0.15, -0.1) is 22.7 Å². The Morgan fingerprint density at radius 1 is 0.725 bits per heavy atom. The Labute approximate surface area is 241 Å². The van der Waals surface area contributed by atoms with Crippen molar-refractivity contribution in [3.63, 3.8) is 0 Å². The van der Waals surface area contributed by atoms with Gasteiger partial charge in [-0.25, -0.2) is 9.59 Å². The van der Waals surface area contributed by atoms with Crippen molar-refractivity contribution in [1.82, 2.24) is 0 Å². The van der Waals surface area contributed by atoms with Crippen molar-refractivity contribution in [3.05, 3.63) is 67.4 Å². The van der Waals surface area contributed by atoms with Gasteiger partial charge in [-0.2, -0.15) is 0 Å². The van der Waals surface area contributed by atoms with E-state index >= 15 is 0 Å². The standard InChI is InChI=1S/C30H32N2O6S2/c1-15-9-11-19-21(13-15)39-27(23(19)29(35)37-3)31-25(33)17-7-5-6-8-18(17)26(34)32-28-24(30(36)38-4)20-12-10-16(2)14-22(20)40-28/h5-8,15-16H,9-14H2,1-4H3,(H,31,33)(H,32,34)/t15-,16-/m0/s1. The maximum Gasteiger partial charge on any atom is 0.341 e. The first-order valence-electron chi connectivity index (χ1n) is 13.4. The number of thiophene rings is 2. The molecule has 2 N–H and O–H groups in total. The normalized spacial score (nSPS) is 17.8. The molecule has 1 aromatic carbocycles. The number of fused-ring (bicyclic) bond motifs is 2. The minimum Gasteiger partial charge on any atom is -0.465 e. The average molecular weight is 581 g/mol. The van der Waals surface area contributed by atoms with Gasteiger partial charge in [0.25, 0.3) is 11.8 Å². The molecule has 0 unspecified atom stereocenters. The maximum absolute atomic E-state index is 13.5. The molecule has 10 heteroatoms. The van der Waals surface area contributed by atoms with Gasteiger partial charge in [0.2, 0.25) is 0 Å². The van der Waals surface area contributed by atoms with Gasteiger partial charge in [0, 0.05) is 9.75 Å². The summed E-state index contributed by atoms with van der Waals surface area (Å²) in [6.07, 6.45) is 5.10. The molecule has 0 bridgehead atoms. The van der Waals surface area contributed by atoms with Gasteiger partial charge in [0.1, 0.15) is 10.0 Å². The quantitative estimate of drug-likeness (QED) is 0.339. The van der Waals surface area contributed by atoms with Crippen LogP contribution in [0.25, 0.3) is 0 Å². The minimum absolute atomic E-state index is 0.158. The zero-order valence-corrected chi connectivity index (χ0v) is 24.6. The highest BCUT2D eigenvalue weighted by atomic mass is 32.1. The van der Waals surface area contributed by atoms with E-state index in [4.69, 9.17) is 9.47 Å². The van der Waals surface area contributed by atoms with Gasteiger partial charge in [-0.3, -0.25) is 9.59 Å². The lowest BCUT2D eigenvalue weighted by atomic mass is 9.88. The third-order valence-electron chi connectivity index (χ3n) is 7.67. The van der Waals surface area contributed by atoms with E-state index in [1.54, 1.807) is 24.3 Å². The van der Waals surface area contributed by atoms with Crippen molar-refractivity contribution in [2.75, 3.05) is 24.9 Å². The first-order chi connectivity index (χ1) is 19.2. The molecule has 0 spiro atoms. The zero-order chi connectivity index (χ0) is 28.6. The van der Waals surface area contributed by atoms with Gasteiger partial charge in [-0.1, -0.05) is 26.0 Å². The highest BCUT2D eigenvalue weighted by Gasteiger charge is 2.31. The fourth-order valence-corrected chi connectivity index (χ4v) is 8.32. The van der Waals surface area contributed by atoms with E-state index in [0.29, 0.717) is 33.0 Å². The summed E-state index contributed by atoms with van der Waals surface area (Å²) in [6, 6.07) is 6.50. The van der Waals surface area contributed by atoms with Crippen LogP contribution >= 0.6 is 22.7 Å². The number of hydrogen-bond donors (Lipinski definition) is 2. The third kappa shape index (κ3) is 5.30. The molecular formula is C30H32N2O6S2. The Kier molecular flexibility index (Phi) is 8.09. The molecular weight excluding hydrogens is 548 g/mol. The number of carbonyl (C=O) groups is 4. The van der Waals surface area contributed by atoms with Crippen molar-refractivity contribution in [1.29, 1.82) is 0 Å². The molecule has 40 heavy (non-hydrogen) atoms. The number of rotatable bonds is 6. The van der Waals surface area contributed by atoms with Crippen LogP contribution in [0.2, 0.25) is 0 Å². The number of esters is 2. The number of amides is 2. The summed E-state index contributed by atoms with van der Waals surface area (Å²) in [4.78, 5) is 54.6. The Bertz CT molecular complexity index is 1390. The molecule has 2 heterocycles. The third-order valence-corrected chi connectivity index (χ3v) is 10.0. The van der Waals surface area contributed by atoms with E-state index in [1.807, 2.05) is 0 Å². The van der Waals surface area contributed by atoms with Crippen LogP contribution in [0.1, 0.15) is 89.0 Å². The topological polar surface area (TPSA) is 111 Å². The molecule has 210 valence electrons. The lowest BCUT2D eigenvalue weighted by Crippen LogP contribution is -2.21. The Morgan fingerprint density at radius 3 is 1.50 bits per heavy atom. The van der Waals surface area contributed by atoms with E-state index in [-0.39, 0.29) is 11.1 Å². The minimum atomic E-state index is -0.505. The van der Waals surface area contributed by atoms with Gasteiger partial charge < -0.3 is 20.1 Å².